The Morgan fingerprint density at radius 3 is 2.62 bits per heavy atom. The average molecular weight is 182 g/mol. The summed E-state index contributed by atoms with van der Waals surface area (Å²) in [5, 5.41) is 9.19. The molecule has 0 spiro atoms. The van der Waals surface area contributed by atoms with Crippen molar-refractivity contribution in [2.24, 2.45) is 0 Å². The van der Waals surface area contributed by atoms with Gasteiger partial charge in [-0.3, -0.25) is 4.79 Å². The number of benzene rings is 1. The zero-order valence-corrected chi connectivity index (χ0v) is 7.60. The molecule has 13 heavy (non-hydrogen) atoms. The SMILES string of the molecule is CCc1cc(F)c(O)c(C(C)=O)c1. The normalized spacial score (nSPS) is 10.1. The van der Waals surface area contributed by atoms with E-state index in [1.165, 1.54) is 19.1 Å². The van der Waals surface area contributed by atoms with Gasteiger partial charge in [-0.1, -0.05) is 6.92 Å². The maximum absolute atomic E-state index is 13.0. The van der Waals surface area contributed by atoms with E-state index in [4.69, 9.17) is 0 Å². The Morgan fingerprint density at radius 2 is 2.15 bits per heavy atom. The van der Waals surface area contributed by atoms with Crippen LogP contribution in [-0.2, 0) is 6.42 Å². The first-order valence-electron chi connectivity index (χ1n) is 4.08. The molecule has 2 nitrogen and oxygen atoms in total. The molecule has 0 aliphatic rings. The monoisotopic (exact) mass is 182 g/mol. The van der Waals surface area contributed by atoms with Crippen molar-refractivity contribution in [2.75, 3.05) is 0 Å². The second-order valence-corrected chi connectivity index (χ2v) is 2.88. The third-order valence-corrected chi connectivity index (χ3v) is 1.91. The second-order valence-electron chi connectivity index (χ2n) is 2.88. The third-order valence-electron chi connectivity index (χ3n) is 1.91. The van der Waals surface area contributed by atoms with Crippen molar-refractivity contribution in [3.63, 3.8) is 0 Å². The summed E-state index contributed by atoms with van der Waals surface area (Å²) < 4.78 is 13.0. The molecule has 1 rings (SSSR count). The van der Waals surface area contributed by atoms with Crippen LogP contribution >= 0.6 is 0 Å². The van der Waals surface area contributed by atoms with E-state index in [1.54, 1.807) is 0 Å². The van der Waals surface area contributed by atoms with E-state index in [9.17, 15) is 14.3 Å². The van der Waals surface area contributed by atoms with Gasteiger partial charge in [0.15, 0.2) is 17.3 Å². The Labute approximate surface area is 76.0 Å². The summed E-state index contributed by atoms with van der Waals surface area (Å²) in [6, 6.07) is 2.75. The zero-order chi connectivity index (χ0) is 10.0. The summed E-state index contributed by atoms with van der Waals surface area (Å²) in [6.45, 7) is 3.16. The molecule has 0 aliphatic heterocycles. The van der Waals surface area contributed by atoms with Gasteiger partial charge in [0.1, 0.15) is 0 Å². The second kappa shape index (κ2) is 3.56. The van der Waals surface area contributed by atoms with Crippen LogP contribution < -0.4 is 0 Å². The number of carbonyl (C=O) groups is 1. The molecule has 70 valence electrons. The van der Waals surface area contributed by atoms with Gasteiger partial charge in [-0.25, -0.2) is 4.39 Å². The molecule has 0 aromatic heterocycles. The fourth-order valence-electron chi connectivity index (χ4n) is 1.13. The van der Waals surface area contributed by atoms with Gasteiger partial charge < -0.3 is 5.11 Å². The molecule has 0 atom stereocenters. The van der Waals surface area contributed by atoms with E-state index in [-0.39, 0.29) is 11.3 Å². The van der Waals surface area contributed by atoms with Crippen molar-refractivity contribution in [1.29, 1.82) is 0 Å². The summed E-state index contributed by atoms with van der Waals surface area (Å²) in [4.78, 5) is 11.0. The summed E-state index contributed by atoms with van der Waals surface area (Å²) >= 11 is 0. The van der Waals surface area contributed by atoms with Crippen LogP contribution in [0.4, 0.5) is 4.39 Å². The molecule has 1 aromatic carbocycles. The highest BCUT2D eigenvalue weighted by Crippen LogP contribution is 2.23. The van der Waals surface area contributed by atoms with Crippen molar-refractivity contribution in [3.05, 3.63) is 29.1 Å². The number of hydrogen-bond acceptors (Lipinski definition) is 2. The Morgan fingerprint density at radius 1 is 1.54 bits per heavy atom. The molecule has 0 radical (unpaired) electrons. The molecular formula is C10H11FO2. The quantitative estimate of drug-likeness (QED) is 0.712. The van der Waals surface area contributed by atoms with E-state index >= 15 is 0 Å². The molecule has 0 saturated carbocycles. The molecule has 0 saturated heterocycles. The zero-order valence-electron chi connectivity index (χ0n) is 7.60. The Hall–Kier alpha value is -1.38. The molecule has 0 heterocycles. The Kier molecular flexibility index (Phi) is 2.66. The lowest BCUT2D eigenvalue weighted by Gasteiger charge is -2.04. The van der Waals surface area contributed by atoms with E-state index in [0.717, 1.165) is 0 Å². The van der Waals surface area contributed by atoms with Crippen LogP contribution in [0.5, 0.6) is 5.75 Å². The maximum Gasteiger partial charge on any atom is 0.165 e. The van der Waals surface area contributed by atoms with Crippen molar-refractivity contribution >= 4 is 5.78 Å². The minimum Gasteiger partial charge on any atom is -0.504 e. The van der Waals surface area contributed by atoms with Crippen molar-refractivity contribution in [1.82, 2.24) is 0 Å². The number of halogens is 1. The summed E-state index contributed by atoms with van der Waals surface area (Å²) in [5.41, 5.74) is 0.761. The van der Waals surface area contributed by atoms with Crippen LogP contribution in [0.3, 0.4) is 0 Å². The number of aromatic hydroxyl groups is 1. The van der Waals surface area contributed by atoms with Crippen LogP contribution in [0.1, 0.15) is 29.8 Å². The fourth-order valence-corrected chi connectivity index (χ4v) is 1.13. The molecule has 1 N–H and O–H groups in total. The number of phenols is 1. The van der Waals surface area contributed by atoms with Gasteiger partial charge in [-0.15, -0.1) is 0 Å². The number of phenolic OH excluding ortho intramolecular Hbond substituents is 1. The number of ketones is 1. The molecule has 1 aromatic rings. The standard InChI is InChI=1S/C10H11FO2/c1-3-7-4-8(6(2)12)10(13)9(11)5-7/h4-5,13H,3H2,1-2H3. The molecule has 0 bridgehead atoms. The summed E-state index contributed by atoms with van der Waals surface area (Å²) in [6.07, 6.45) is 0.636. The predicted molar refractivity (Wildman–Crippen MR) is 47.4 cm³/mol. The molecule has 0 unspecified atom stereocenters. The van der Waals surface area contributed by atoms with Crippen LogP contribution in [0.2, 0.25) is 0 Å². The highest BCUT2D eigenvalue weighted by atomic mass is 19.1. The van der Waals surface area contributed by atoms with Crippen molar-refractivity contribution in [3.8, 4) is 5.75 Å². The highest BCUT2D eigenvalue weighted by molar-refractivity contribution is 5.96. The maximum atomic E-state index is 13.0. The van der Waals surface area contributed by atoms with Crippen LogP contribution in [-0.4, -0.2) is 10.9 Å². The number of hydrogen-bond donors (Lipinski definition) is 1. The first kappa shape index (κ1) is 9.71. The van der Waals surface area contributed by atoms with Gasteiger partial charge in [-0.05, 0) is 31.0 Å². The van der Waals surface area contributed by atoms with Gasteiger partial charge in [0, 0.05) is 0 Å². The van der Waals surface area contributed by atoms with E-state index < -0.39 is 11.6 Å². The molecule has 3 heteroatoms. The lowest BCUT2D eigenvalue weighted by Crippen LogP contribution is -1.97. The number of Topliss-reactive ketones (excluding diaryl/α,β-unsaturated/α-hetero) is 1. The lowest BCUT2D eigenvalue weighted by atomic mass is 10.0. The Bertz CT molecular complexity index is 345. The fraction of sp³-hybridized carbons (Fsp3) is 0.300. The van der Waals surface area contributed by atoms with Gasteiger partial charge >= 0.3 is 0 Å². The minimum absolute atomic E-state index is 0.0526. The van der Waals surface area contributed by atoms with Gasteiger partial charge in [0.25, 0.3) is 0 Å². The average Bonchev–Trinajstić information content (AvgIpc) is 2.09. The Balaban J connectivity index is 3.33. The predicted octanol–water partition coefficient (Wildman–Crippen LogP) is 2.30. The summed E-state index contributed by atoms with van der Waals surface area (Å²) in [7, 11) is 0. The van der Waals surface area contributed by atoms with Gasteiger partial charge in [0.2, 0.25) is 0 Å². The number of aryl methyl sites for hydroxylation is 1. The van der Waals surface area contributed by atoms with E-state index in [1.807, 2.05) is 6.92 Å². The lowest BCUT2D eigenvalue weighted by molar-refractivity contribution is 0.101. The van der Waals surface area contributed by atoms with Crippen molar-refractivity contribution < 1.29 is 14.3 Å². The first-order valence-corrected chi connectivity index (χ1v) is 4.08. The van der Waals surface area contributed by atoms with Gasteiger partial charge in [0.05, 0.1) is 5.56 Å². The molecule has 0 amide bonds. The topological polar surface area (TPSA) is 37.3 Å². The highest BCUT2D eigenvalue weighted by Gasteiger charge is 2.12. The first-order chi connectivity index (χ1) is 6.06. The van der Waals surface area contributed by atoms with Gasteiger partial charge in [-0.2, -0.15) is 0 Å². The molecular weight excluding hydrogens is 171 g/mol. The van der Waals surface area contributed by atoms with Crippen molar-refractivity contribution in [2.45, 2.75) is 20.3 Å². The third kappa shape index (κ3) is 1.86. The van der Waals surface area contributed by atoms with E-state index in [0.29, 0.717) is 12.0 Å². The number of carbonyl (C=O) groups excluding carboxylic acids is 1. The largest absolute Gasteiger partial charge is 0.504 e. The van der Waals surface area contributed by atoms with Crippen LogP contribution in [0.15, 0.2) is 12.1 Å². The molecule has 0 fully saturated rings. The summed E-state index contributed by atoms with van der Waals surface area (Å²) in [5.74, 6) is -1.61. The molecule has 0 aliphatic carbocycles. The van der Waals surface area contributed by atoms with Crippen LogP contribution in [0, 0.1) is 5.82 Å². The van der Waals surface area contributed by atoms with E-state index in [2.05, 4.69) is 0 Å². The smallest absolute Gasteiger partial charge is 0.165 e. The minimum atomic E-state index is -0.732. The van der Waals surface area contributed by atoms with Crippen LogP contribution in [0.25, 0.3) is 0 Å². The number of rotatable bonds is 2.